The van der Waals surface area contributed by atoms with Gasteiger partial charge in [0.1, 0.15) is 0 Å². The van der Waals surface area contributed by atoms with Crippen molar-refractivity contribution in [3.63, 3.8) is 0 Å². The van der Waals surface area contributed by atoms with E-state index in [1.165, 1.54) is 6.42 Å². The number of carbonyl (C=O) groups is 1. The van der Waals surface area contributed by atoms with Crippen LogP contribution in [0.5, 0.6) is 0 Å². The molecule has 2 nitrogen and oxygen atoms in total. The summed E-state index contributed by atoms with van der Waals surface area (Å²) in [7, 11) is 0. The van der Waals surface area contributed by atoms with E-state index in [1.807, 2.05) is 0 Å². The highest BCUT2D eigenvalue weighted by Crippen LogP contribution is 2.56. The van der Waals surface area contributed by atoms with Crippen molar-refractivity contribution < 1.29 is 4.79 Å². The first-order valence-electron chi connectivity index (χ1n) is 4.98. The SMILES string of the molecule is C[C@@]12CCC[C@@H]([C@@H](C(N)=O)C1)[C@H]2Cl. The Kier molecular flexibility index (Phi) is 2.06. The van der Waals surface area contributed by atoms with Gasteiger partial charge in [0.15, 0.2) is 0 Å². The second kappa shape index (κ2) is 2.88. The Hall–Kier alpha value is -0.240. The van der Waals surface area contributed by atoms with E-state index in [-0.39, 0.29) is 22.6 Å². The van der Waals surface area contributed by atoms with Crippen molar-refractivity contribution in [2.75, 3.05) is 0 Å². The van der Waals surface area contributed by atoms with E-state index in [4.69, 9.17) is 17.3 Å². The summed E-state index contributed by atoms with van der Waals surface area (Å²) in [5, 5.41) is 0.166. The zero-order chi connectivity index (χ0) is 9.64. The average molecular weight is 202 g/mol. The van der Waals surface area contributed by atoms with Crippen LogP contribution in [-0.4, -0.2) is 11.3 Å². The van der Waals surface area contributed by atoms with E-state index < -0.39 is 0 Å². The summed E-state index contributed by atoms with van der Waals surface area (Å²) in [5.41, 5.74) is 5.55. The summed E-state index contributed by atoms with van der Waals surface area (Å²) in [5.74, 6) is 0.231. The van der Waals surface area contributed by atoms with Crippen LogP contribution in [0.2, 0.25) is 0 Å². The Morgan fingerprint density at radius 1 is 1.62 bits per heavy atom. The molecule has 13 heavy (non-hydrogen) atoms. The van der Waals surface area contributed by atoms with Crippen LogP contribution in [0.3, 0.4) is 0 Å². The molecule has 2 aliphatic rings. The van der Waals surface area contributed by atoms with E-state index in [9.17, 15) is 4.79 Å². The van der Waals surface area contributed by atoms with Gasteiger partial charge < -0.3 is 5.73 Å². The Morgan fingerprint density at radius 3 is 2.85 bits per heavy atom. The molecular weight excluding hydrogens is 186 g/mol. The lowest BCUT2D eigenvalue weighted by atomic mass is 9.77. The number of nitrogens with two attached hydrogens (primary N) is 1. The van der Waals surface area contributed by atoms with Gasteiger partial charge in [-0.1, -0.05) is 13.3 Å². The fourth-order valence-corrected chi connectivity index (χ4v) is 3.63. The van der Waals surface area contributed by atoms with Crippen molar-refractivity contribution >= 4 is 17.5 Å². The minimum atomic E-state index is -0.152. The minimum Gasteiger partial charge on any atom is -0.369 e. The zero-order valence-electron chi connectivity index (χ0n) is 7.92. The largest absolute Gasteiger partial charge is 0.369 e. The maximum Gasteiger partial charge on any atom is 0.220 e. The fourth-order valence-electron chi connectivity index (χ4n) is 3.13. The normalized spacial score (nSPS) is 49.2. The summed E-state index contributed by atoms with van der Waals surface area (Å²) >= 11 is 6.35. The lowest BCUT2D eigenvalue weighted by Crippen LogP contribution is -2.32. The third kappa shape index (κ3) is 1.26. The van der Waals surface area contributed by atoms with Gasteiger partial charge in [0, 0.05) is 11.3 Å². The van der Waals surface area contributed by atoms with Crippen LogP contribution in [0, 0.1) is 17.3 Å². The number of hydrogen-bond acceptors (Lipinski definition) is 1. The highest BCUT2D eigenvalue weighted by Gasteiger charge is 2.53. The van der Waals surface area contributed by atoms with Crippen molar-refractivity contribution in [2.45, 2.75) is 38.0 Å². The number of hydrogen-bond donors (Lipinski definition) is 1. The Morgan fingerprint density at radius 2 is 2.31 bits per heavy atom. The lowest BCUT2D eigenvalue weighted by Gasteiger charge is -2.34. The highest BCUT2D eigenvalue weighted by atomic mass is 35.5. The van der Waals surface area contributed by atoms with Crippen molar-refractivity contribution in [3.8, 4) is 0 Å². The summed E-state index contributed by atoms with van der Waals surface area (Å²) in [4.78, 5) is 11.2. The van der Waals surface area contributed by atoms with E-state index in [0.717, 1.165) is 19.3 Å². The number of alkyl halides is 1. The molecule has 0 unspecified atom stereocenters. The van der Waals surface area contributed by atoms with Crippen molar-refractivity contribution in [3.05, 3.63) is 0 Å². The molecule has 0 aliphatic heterocycles. The fraction of sp³-hybridized carbons (Fsp3) is 0.900. The molecule has 0 aromatic heterocycles. The zero-order valence-corrected chi connectivity index (χ0v) is 8.68. The Bertz CT molecular complexity index is 243. The summed E-state index contributed by atoms with van der Waals surface area (Å²) in [6.07, 6.45) is 4.34. The second-order valence-electron chi connectivity index (χ2n) is 4.82. The van der Waals surface area contributed by atoms with Crippen LogP contribution in [0.25, 0.3) is 0 Å². The van der Waals surface area contributed by atoms with Gasteiger partial charge in [0.05, 0.1) is 0 Å². The molecule has 0 spiro atoms. The lowest BCUT2D eigenvalue weighted by molar-refractivity contribution is -0.122. The maximum atomic E-state index is 11.2. The molecule has 4 atom stereocenters. The number of halogens is 1. The predicted molar refractivity (Wildman–Crippen MR) is 52.4 cm³/mol. The molecule has 0 aromatic carbocycles. The van der Waals surface area contributed by atoms with Crippen molar-refractivity contribution in [1.82, 2.24) is 0 Å². The Labute approximate surface area is 83.8 Å². The van der Waals surface area contributed by atoms with Crippen LogP contribution in [0.4, 0.5) is 0 Å². The predicted octanol–water partition coefficient (Wildman–Crippen LogP) is 1.91. The van der Waals surface area contributed by atoms with Gasteiger partial charge in [0.2, 0.25) is 5.91 Å². The third-order valence-electron chi connectivity index (χ3n) is 3.90. The number of primary amides is 1. The maximum absolute atomic E-state index is 11.2. The van der Waals surface area contributed by atoms with Crippen LogP contribution in [-0.2, 0) is 4.79 Å². The first-order valence-corrected chi connectivity index (χ1v) is 5.42. The van der Waals surface area contributed by atoms with Gasteiger partial charge in [-0.2, -0.15) is 0 Å². The van der Waals surface area contributed by atoms with Gasteiger partial charge in [0.25, 0.3) is 0 Å². The molecule has 2 N–H and O–H groups in total. The minimum absolute atomic E-state index is 0.0370. The van der Waals surface area contributed by atoms with Gasteiger partial charge >= 0.3 is 0 Å². The van der Waals surface area contributed by atoms with Gasteiger partial charge in [-0.15, -0.1) is 11.6 Å². The van der Waals surface area contributed by atoms with E-state index in [0.29, 0.717) is 5.92 Å². The molecule has 2 fully saturated rings. The molecule has 2 bridgehead atoms. The first kappa shape index (κ1) is 9.32. The molecule has 3 heteroatoms. The summed E-state index contributed by atoms with van der Waals surface area (Å²) < 4.78 is 0. The van der Waals surface area contributed by atoms with E-state index in [1.54, 1.807) is 0 Å². The molecule has 0 radical (unpaired) electrons. The quantitative estimate of drug-likeness (QED) is 0.648. The second-order valence-corrected chi connectivity index (χ2v) is 5.30. The van der Waals surface area contributed by atoms with Gasteiger partial charge in [-0.3, -0.25) is 4.79 Å². The molecule has 1 amide bonds. The molecule has 2 rings (SSSR count). The molecule has 0 aromatic rings. The van der Waals surface area contributed by atoms with Crippen LogP contribution < -0.4 is 5.73 Å². The number of carbonyl (C=O) groups excluding carboxylic acids is 1. The molecule has 2 aliphatic carbocycles. The Balaban J connectivity index is 2.26. The average Bonchev–Trinajstić information content (AvgIpc) is 2.25. The monoisotopic (exact) mass is 201 g/mol. The third-order valence-corrected chi connectivity index (χ3v) is 4.75. The molecule has 74 valence electrons. The molecular formula is C10H16ClNO. The number of rotatable bonds is 1. The van der Waals surface area contributed by atoms with Crippen molar-refractivity contribution in [2.24, 2.45) is 23.0 Å². The van der Waals surface area contributed by atoms with Crippen molar-refractivity contribution in [1.29, 1.82) is 0 Å². The molecule has 2 saturated carbocycles. The smallest absolute Gasteiger partial charge is 0.220 e. The standard InChI is InChI=1S/C10H16ClNO/c1-10-4-2-3-6(8(10)11)7(5-10)9(12)13/h6-8H,2-5H2,1H3,(H2,12,13)/t6-,7-,8+,10+/m0/s1. The van der Waals surface area contributed by atoms with Gasteiger partial charge in [-0.25, -0.2) is 0 Å². The topological polar surface area (TPSA) is 43.1 Å². The highest BCUT2D eigenvalue weighted by molar-refractivity contribution is 6.21. The first-order chi connectivity index (χ1) is 6.04. The van der Waals surface area contributed by atoms with E-state index in [2.05, 4.69) is 6.92 Å². The van der Waals surface area contributed by atoms with Crippen LogP contribution in [0.1, 0.15) is 32.6 Å². The summed E-state index contributed by atoms with van der Waals surface area (Å²) in [6, 6.07) is 0. The molecule has 0 heterocycles. The van der Waals surface area contributed by atoms with E-state index >= 15 is 0 Å². The number of fused-ring (bicyclic) bond motifs is 2. The van der Waals surface area contributed by atoms with Crippen LogP contribution in [0.15, 0.2) is 0 Å². The number of amides is 1. The van der Waals surface area contributed by atoms with Gasteiger partial charge in [-0.05, 0) is 30.6 Å². The molecule has 0 saturated heterocycles. The van der Waals surface area contributed by atoms with Crippen LogP contribution >= 0.6 is 11.6 Å². The summed E-state index contributed by atoms with van der Waals surface area (Å²) in [6.45, 7) is 2.19.